The van der Waals surface area contributed by atoms with Crippen LogP contribution in [0.1, 0.15) is 35.6 Å². The van der Waals surface area contributed by atoms with Gasteiger partial charge in [-0.1, -0.05) is 31.2 Å². The number of carbonyl (C=O) groups excluding carboxylic acids is 1. The molecule has 1 aliphatic heterocycles. The number of nitrogens with zero attached hydrogens (tertiary/aromatic N) is 5. The fourth-order valence-electron chi connectivity index (χ4n) is 4.15. The Morgan fingerprint density at radius 3 is 2.63 bits per heavy atom. The molecule has 5 rings (SSSR count). The Balaban J connectivity index is 1.71. The van der Waals surface area contributed by atoms with Crippen LogP contribution in [0.2, 0.25) is 0 Å². The Hall–Kier alpha value is -4.54. The van der Waals surface area contributed by atoms with E-state index in [9.17, 15) is 14.0 Å². The molecule has 2 aromatic carbocycles. The number of rotatable bonds is 5. The third kappa shape index (κ3) is 3.80. The van der Waals surface area contributed by atoms with Crippen molar-refractivity contribution in [2.45, 2.75) is 19.4 Å². The highest BCUT2D eigenvalue weighted by Crippen LogP contribution is 2.31. The third-order valence-corrected chi connectivity index (χ3v) is 5.89. The molecule has 0 unspecified atom stereocenters. The summed E-state index contributed by atoms with van der Waals surface area (Å²) in [4.78, 5) is 41.1. The Morgan fingerprint density at radius 1 is 1.11 bits per heavy atom. The van der Waals surface area contributed by atoms with Crippen LogP contribution in [0.25, 0.3) is 16.6 Å². The third-order valence-electron chi connectivity index (χ3n) is 5.89. The minimum Gasteiger partial charge on any atom is -0.368 e. The van der Waals surface area contributed by atoms with E-state index in [0.29, 0.717) is 23.8 Å². The normalized spacial score (nSPS) is 13.9. The van der Waals surface area contributed by atoms with Gasteiger partial charge in [0, 0.05) is 7.05 Å². The van der Waals surface area contributed by atoms with E-state index in [-0.39, 0.29) is 40.8 Å². The Morgan fingerprint density at radius 2 is 1.89 bits per heavy atom. The first-order chi connectivity index (χ1) is 16.9. The van der Waals surface area contributed by atoms with Crippen LogP contribution in [0.15, 0.2) is 53.3 Å². The maximum Gasteiger partial charge on any atom is 0.269 e. The van der Waals surface area contributed by atoms with Crippen LogP contribution in [0.4, 0.5) is 22.0 Å². The topological polar surface area (TPSA) is 131 Å². The van der Waals surface area contributed by atoms with Crippen LogP contribution < -0.4 is 21.9 Å². The van der Waals surface area contributed by atoms with Crippen molar-refractivity contribution in [2.75, 3.05) is 30.1 Å². The summed E-state index contributed by atoms with van der Waals surface area (Å²) in [6, 6.07) is 12.7. The summed E-state index contributed by atoms with van der Waals surface area (Å²) in [7, 11) is 1.65. The van der Waals surface area contributed by atoms with Gasteiger partial charge in [0.15, 0.2) is 0 Å². The zero-order valence-corrected chi connectivity index (χ0v) is 19.1. The summed E-state index contributed by atoms with van der Waals surface area (Å²) in [5.41, 5.74) is 6.40. The molecule has 1 atom stereocenters. The van der Waals surface area contributed by atoms with Crippen molar-refractivity contribution in [3.63, 3.8) is 0 Å². The van der Waals surface area contributed by atoms with E-state index >= 15 is 0 Å². The summed E-state index contributed by atoms with van der Waals surface area (Å²) >= 11 is 0. The number of anilines is 3. The van der Waals surface area contributed by atoms with Gasteiger partial charge in [0.25, 0.3) is 11.5 Å². The van der Waals surface area contributed by atoms with Crippen LogP contribution in [-0.2, 0) is 0 Å². The predicted molar refractivity (Wildman–Crippen MR) is 131 cm³/mol. The van der Waals surface area contributed by atoms with Crippen LogP contribution >= 0.6 is 0 Å². The molecule has 35 heavy (non-hydrogen) atoms. The lowest BCUT2D eigenvalue weighted by atomic mass is 10.1. The number of hydrogen-bond donors (Lipinski definition) is 3. The minimum atomic E-state index is -0.644. The number of hydrogen-bond acceptors (Lipinski definition) is 8. The standard InChI is InChI=1S/C24H23FN8O2/c1-3-15(28-20-18-19(30-24(26)31-20)27-12-32(2)22(18)34)21-29-16-11-7-10-14(25)17(16)23(35)33(21)13-8-5-4-6-9-13/h4-11,15H,3,12H2,1-2H3,(H4,26,27,28,30,31)/t15-/m0/s1. The highest BCUT2D eigenvalue weighted by atomic mass is 19.1. The molecule has 0 saturated heterocycles. The fraction of sp³-hybridized carbons (Fsp3) is 0.208. The molecule has 1 amide bonds. The summed E-state index contributed by atoms with van der Waals surface area (Å²) < 4.78 is 16.1. The maximum absolute atomic E-state index is 14.7. The minimum absolute atomic E-state index is 0.0139. The number of carbonyl (C=O) groups is 1. The molecule has 4 aromatic rings. The molecular weight excluding hydrogens is 451 g/mol. The fourth-order valence-corrected chi connectivity index (χ4v) is 4.15. The number of nitrogen functional groups attached to an aromatic ring is 1. The number of para-hydroxylation sites is 1. The van der Waals surface area contributed by atoms with Gasteiger partial charge in [-0.15, -0.1) is 0 Å². The van der Waals surface area contributed by atoms with Crippen molar-refractivity contribution < 1.29 is 9.18 Å². The summed E-state index contributed by atoms with van der Waals surface area (Å²) in [6.07, 6.45) is 0.468. The summed E-state index contributed by atoms with van der Waals surface area (Å²) in [5, 5.41) is 6.20. The second kappa shape index (κ2) is 8.67. The molecule has 0 aliphatic carbocycles. The van der Waals surface area contributed by atoms with Gasteiger partial charge in [-0.2, -0.15) is 9.97 Å². The zero-order valence-electron chi connectivity index (χ0n) is 19.1. The number of fused-ring (bicyclic) bond motifs is 2. The van der Waals surface area contributed by atoms with E-state index in [0.717, 1.165) is 0 Å². The molecular formula is C24H23FN8O2. The first kappa shape index (κ1) is 22.3. The molecule has 0 spiro atoms. The molecule has 1 aliphatic rings. The van der Waals surface area contributed by atoms with Crippen molar-refractivity contribution in [1.82, 2.24) is 24.4 Å². The molecule has 0 fully saturated rings. The number of amides is 1. The maximum atomic E-state index is 14.7. The van der Waals surface area contributed by atoms with E-state index in [2.05, 4.69) is 25.6 Å². The van der Waals surface area contributed by atoms with Crippen molar-refractivity contribution in [2.24, 2.45) is 0 Å². The smallest absolute Gasteiger partial charge is 0.269 e. The first-order valence-corrected chi connectivity index (χ1v) is 11.1. The van der Waals surface area contributed by atoms with Gasteiger partial charge in [-0.25, -0.2) is 9.37 Å². The van der Waals surface area contributed by atoms with Crippen LogP contribution in [-0.4, -0.2) is 44.0 Å². The number of nitrogens with two attached hydrogens (primary N) is 1. The molecule has 178 valence electrons. The van der Waals surface area contributed by atoms with Gasteiger partial charge in [-0.05, 0) is 30.7 Å². The highest BCUT2D eigenvalue weighted by Gasteiger charge is 2.30. The van der Waals surface area contributed by atoms with Crippen LogP contribution in [0, 0.1) is 5.82 Å². The number of aromatic nitrogens is 4. The SMILES string of the molecule is CC[C@H](Nc1nc(N)nc2c1C(=O)N(C)CN2)c1nc2cccc(F)c2c(=O)n1-c1ccccc1. The zero-order chi connectivity index (χ0) is 24.7. The van der Waals surface area contributed by atoms with Crippen molar-refractivity contribution >= 4 is 34.4 Å². The van der Waals surface area contributed by atoms with Gasteiger partial charge in [0.05, 0.1) is 23.9 Å². The summed E-state index contributed by atoms with van der Waals surface area (Å²) in [6.45, 7) is 2.18. The van der Waals surface area contributed by atoms with E-state index in [1.807, 2.05) is 13.0 Å². The number of benzene rings is 2. The lowest BCUT2D eigenvalue weighted by Gasteiger charge is -2.28. The average molecular weight is 475 g/mol. The van der Waals surface area contributed by atoms with Gasteiger partial charge < -0.3 is 21.3 Å². The van der Waals surface area contributed by atoms with E-state index in [1.54, 1.807) is 37.4 Å². The highest BCUT2D eigenvalue weighted by molar-refractivity contribution is 6.04. The Labute approximate surface area is 199 Å². The predicted octanol–water partition coefficient (Wildman–Crippen LogP) is 2.92. The monoisotopic (exact) mass is 474 g/mol. The average Bonchev–Trinajstić information content (AvgIpc) is 2.85. The van der Waals surface area contributed by atoms with Gasteiger partial charge in [-0.3, -0.25) is 14.2 Å². The van der Waals surface area contributed by atoms with Gasteiger partial charge in [0.1, 0.15) is 34.2 Å². The van der Waals surface area contributed by atoms with Gasteiger partial charge >= 0.3 is 0 Å². The lowest BCUT2D eigenvalue weighted by Crippen LogP contribution is -2.38. The number of halogens is 1. The van der Waals surface area contributed by atoms with Crippen LogP contribution in [0.5, 0.6) is 0 Å². The summed E-state index contributed by atoms with van der Waals surface area (Å²) in [5.74, 6) is -0.0412. The van der Waals surface area contributed by atoms with E-state index in [1.165, 1.54) is 21.6 Å². The molecule has 0 radical (unpaired) electrons. The molecule has 2 aromatic heterocycles. The van der Waals surface area contributed by atoms with Crippen molar-refractivity contribution in [3.8, 4) is 5.69 Å². The molecule has 0 saturated carbocycles. The largest absolute Gasteiger partial charge is 0.368 e. The Kier molecular flexibility index (Phi) is 5.51. The van der Waals surface area contributed by atoms with Crippen molar-refractivity contribution in [3.05, 3.63) is 76.1 Å². The van der Waals surface area contributed by atoms with Crippen molar-refractivity contribution in [1.29, 1.82) is 0 Å². The molecule has 4 N–H and O–H groups in total. The molecule has 11 heteroatoms. The number of nitrogens with one attached hydrogen (secondary N) is 2. The second-order valence-corrected chi connectivity index (χ2v) is 8.18. The second-order valence-electron chi connectivity index (χ2n) is 8.18. The molecule has 3 heterocycles. The first-order valence-electron chi connectivity index (χ1n) is 11.1. The molecule has 0 bridgehead atoms. The van der Waals surface area contributed by atoms with Gasteiger partial charge in [0.2, 0.25) is 5.95 Å². The Bertz CT molecular complexity index is 1510. The quantitative estimate of drug-likeness (QED) is 0.402. The lowest BCUT2D eigenvalue weighted by molar-refractivity contribution is 0.0796. The van der Waals surface area contributed by atoms with E-state index < -0.39 is 17.4 Å². The molecule has 10 nitrogen and oxygen atoms in total. The van der Waals surface area contributed by atoms with Crippen LogP contribution in [0.3, 0.4) is 0 Å². The van der Waals surface area contributed by atoms with E-state index in [4.69, 9.17) is 5.73 Å².